The Balaban J connectivity index is 2.06. The number of fused-ring (bicyclic) bond motifs is 1. The van der Waals surface area contributed by atoms with E-state index in [1.807, 2.05) is 6.20 Å². The van der Waals surface area contributed by atoms with Crippen molar-refractivity contribution >= 4 is 0 Å². The summed E-state index contributed by atoms with van der Waals surface area (Å²) in [5.74, 6) is -0.154. The maximum absolute atomic E-state index is 9.06. The number of nitrogens with zero attached hydrogens (tertiary/aromatic N) is 3. The molecule has 0 unspecified atom stereocenters. The van der Waals surface area contributed by atoms with Gasteiger partial charge in [-0.1, -0.05) is 0 Å². The molecular weight excluding hydrogens is 190 g/mol. The molecule has 2 fully saturated rings. The Morgan fingerprint density at radius 1 is 1.53 bits per heavy atom. The van der Waals surface area contributed by atoms with Gasteiger partial charge in [0.1, 0.15) is 11.8 Å². The average Bonchev–Trinajstić information content (AvgIpc) is 2.80. The van der Waals surface area contributed by atoms with Gasteiger partial charge in [0.15, 0.2) is 0 Å². The monoisotopic (exact) mass is 201 g/mol. The van der Waals surface area contributed by atoms with Crippen LogP contribution in [0.1, 0.15) is 19.3 Å². The lowest BCUT2D eigenvalue weighted by Gasteiger charge is -2.37. The van der Waals surface area contributed by atoms with Gasteiger partial charge in [-0.25, -0.2) is 0 Å². The van der Waals surface area contributed by atoms with Gasteiger partial charge in [-0.2, -0.15) is 10.5 Å². The molecule has 2 bridgehead atoms. The first-order valence-corrected chi connectivity index (χ1v) is 5.25. The molecule has 4 heteroatoms. The van der Waals surface area contributed by atoms with Gasteiger partial charge >= 0.3 is 0 Å². The van der Waals surface area contributed by atoms with Crippen LogP contribution in [0.2, 0.25) is 0 Å². The Morgan fingerprint density at radius 2 is 2.40 bits per heavy atom. The van der Waals surface area contributed by atoms with E-state index >= 15 is 0 Å². The van der Waals surface area contributed by atoms with Crippen LogP contribution in [-0.2, 0) is 4.74 Å². The van der Waals surface area contributed by atoms with Crippen molar-refractivity contribution in [2.75, 3.05) is 6.54 Å². The molecule has 0 aromatic carbocycles. The van der Waals surface area contributed by atoms with E-state index in [-0.39, 0.29) is 17.7 Å². The molecule has 3 heterocycles. The largest absolute Gasteiger partial charge is 0.349 e. The fourth-order valence-corrected chi connectivity index (χ4v) is 2.95. The summed E-state index contributed by atoms with van der Waals surface area (Å²) in [5.41, 5.74) is 0.349. The van der Waals surface area contributed by atoms with Crippen molar-refractivity contribution in [2.45, 2.75) is 31.1 Å². The highest BCUT2D eigenvalue weighted by Crippen LogP contribution is 2.49. The van der Waals surface area contributed by atoms with E-state index in [9.17, 15) is 0 Å². The molecule has 3 aliphatic rings. The predicted octanol–water partition coefficient (Wildman–Crippen LogP) is 1.13. The van der Waals surface area contributed by atoms with Crippen LogP contribution in [0.5, 0.6) is 0 Å². The van der Waals surface area contributed by atoms with Gasteiger partial charge in [-0.3, -0.25) is 0 Å². The molecule has 4 nitrogen and oxygen atoms in total. The minimum atomic E-state index is -0.283. The Morgan fingerprint density at radius 3 is 3.13 bits per heavy atom. The SMILES string of the molecule is N#CC1=CN2CCC[C@@]23C[C@H](C#N)[C@@H]1O3. The van der Waals surface area contributed by atoms with Crippen LogP contribution >= 0.6 is 0 Å². The first-order chi connectivity index (χ1) is 7.29. The first kappa shape index (κ1) is 8.76. The molecule has 0 aromatic heterocycles. The average molecular weight is 201 g/mol. The second-order valence-electron chi connectivity index (χ2n) is 4.42. The number of hydrogen-bond acceptors (Lipinski definition) is 4. The van der Waals surface area contributed by atoms with Gasteiger partial charge in [0.2, 0.25) is 0 Å². The smallest absolute Gasteiger partial charge is 0.143 e. The molecule has 2 saturated heterocycles. The maximum Gasteiger partial charge on any atom is 0.143 e. The number of hydrogen-bond donors (Lipinski definition) is 0. The normalized spacial score (nSPS) is 41.7. The van der Waals surface area contributed by atoms with Crippen LogP contribution in [0.3, 0.4) is 0 Å². The van der Waals surface area contributed by atoms with E-state index in [0.29, 0.717) is 5.57 Å². The third-order valence-corrected chi connectivity index (χ3v) is 3.64. The van der Waals surface area contributed by atoms with Gasteiger partial charge in [-0.15, -0.1) is 0 Å². The fourth-order valence-electron chi connectivity index (χ4n) is 2.95. The molecule has 3 aliphatic heterocycles. The van der Waals surface area contributed by atoms with E-state index in [2.05, 4.69) is 17.0 Å². The van der Waals surface area contributed by atoms with Crippen LogP contribution in [0, 0.1) is 28.6 Å². The quantitative estimate of drug-likeness (QED) is 0.589. The van der Waals surface area contributed by atoms with Crippen LogP contribution in [0.4, 0.5) is 0 Å². The molecule has 3 atom stereocenters. The summed E-state index contributed by atoms with van der Waals surface area (Å²) in [5, 5.41) is 18.1. The summed E-state index contributed by atoms with van der Waals surface area (Å²) in [6, 6.07) is 4.41. The Hall–Kier alpha value is -1.52. The van der Waals surface area contributed by atoms with Crippen molar-refractivity contribution < 1.29 is 4.74 Å². The van der Waals surface area contributed by atoms with Crippen molar-refractivity contribution in [1.82, 2.24) is 4.90 Å². The number of ether oxygens (including phenoxy) is 1. The van der Waals surface area contributed by atoms with Crippen molar-refractivity contribution in [1.29, 1.82) is 10.5 Å². The van der Waals surface area contributed by atoms with E-state index in [1.165, 1.54) is 0 Å². The molecule has 1 spiro atoms. The molecule has 0 radical (unpaired) electrons. The lowest BCUT2D eigenvalue weighted by Crippen LogP contribution is -2.43. The second-order valence-corrected chi connectivity index (χ2v) is 4.42. The van der Waals surface area contributed by atoms with Gasteiger partial charge in [-0.05, 0) is 12.8 Å². The predicted molar refractivity (Wildman–Crippen MR) is 51.0 cm³/mol. The maximum atomic E-state index is 9.06. The summed E-state index contributed by atoms with van der Waals surface area (Å²) in [4.78, 5) is 2.11. The van der Waals surface area contributed by atoms with Crippen molar-refractivity contribution in [3.05, 3.63) is 11.8 Å². The topological polar surface area (TPSA) is 60.0 Å². The highest BCUT2D eigenvalue weighted by Gasteiger charge is 2.55. The Kier molecular flexibility index (Phi) is 1.60. The molecule has 0 aromatic rings. The van der Waals surface area contributed by atoms with Crippen LogP contribution in [0.15, 0.2) is 11.8 Å². The summed E-state index contributed by atoms with van der Waals surface area (Å²) in [6.45, 7) is 0.941. The molecule has 3 rings (SSSR count). The van der Waals surface area contributed by atoms with E-state index in [0.717, 1.165) is 25.8 Å². The van der Waals surface area contributed by atoms with E-state index < -0.39 is 0 Å². The summed E-state index contributed by atoms with van der Waals surface area (Å²) in [7, 11) is 0. The zero-order valence-electron chi connectivity index (χ0n) is 8.31. The van der Waals surface area contributed by atoms with Gasteiger partial charge < -0.3 is 9.64 Å². The molecule has 0 aliphatic carbocycles. The standard InChI is InChI=1S/C11H11N3O/c12-5-8-4-11-2-1-3-14(11)7-9(6-13)10(8)15-11/h7-8,10H,1-4H2/t8-,10+,11-/m1/s1. The Labute approximate surface area is 88.3 Å². The Bertz CT molecular complexity index is 417. The molecule has 76 valence electrons. The molecular formula is C11H11N3O. The molecule has 0 N–H and O–H groups in total. The highest BCUT2D eigenvalue weighted by molar-refractivity contribution is 5.33. The molecule has 0 saturated carbocycles. The van der Waals surface area contributed by atoms with Gasteiger partial charge in [0.05, 0.1) is 23.6 Å². The minimum Gasteiger partial charge on any atom is -0.349 e. The van der Waals surface area contributed by atoms with Crippen molar-refractivity contribution in [3.8, 4) is 12.1 Å². The summed E-state index contributed by atoms with van der Waals surface area (Å²) in [6.07, 6.45) is 4.43. The van der Waals surface area contributed by atoms with Crippen molar-refractivity contribution in [2.24, 2.45) is 5.92 Å². The zero-order chi connectivity index (χ0) is 10.5. The molecule has 0 amide bonds. The van der Waals surface area contributed by atoms with Crippen molar-refractivity contribution in [3.63, 3.8) is 0 Å². The highest BCUT2D eigenvalue weighted by atomic mass is 16.5. The molecule has 15 heavy (non-hydrogen) atoms. The zero-order valence-corrected chi connectivity index (χ0v) is 8.31. The van der Waals surface area contributed by atoms with E-state index in [4.69, 9.17) is 15.3 Å². The summed E-state index contributed by atoms with van der Waals surface area (Å²) >= 11 is 0. The van der Waals surface area contributed by atoms with Crippen LogP contribution in [-0.4, -0.2) is 23.3 Å². The lowest BCUT2D eigenvalue weighted by molar-refractivity contribution is -0.110. The van der Waals surface area contributed by atoms with Gasteiger partial charge in [0, 0.05) is 19.2 Å². The third-order valence-electron chi connectivity index (χ3n) is 3.64. The van der Waals surface area contributed by atoms with Gasteiger partial charge in [0.25, 0.3) is 0 Å². The fraction of sp³-hybridized carbons (Fsp3) is 0.636. The third kappa shape index (κ3) is 0.976. The van der Waals surface area contributed by atoms with E-state index in [1.54, 1.807) is 0 Å². The van der Waals surface area contributed by atoms with Crippen LogP contribution < -0.4 is 0 Å². The summed E-state index contributed by atoms with van der Waals surface area (Å²) < 4.78 is 5.93. The second kappa shape index (κ2) is 2.74. The first-order valence-electron chi connectivity index (χ1n) is 5.25. The lowest BCUT2D eigenvalue weighted by atomic mass is 9.95. The number of rotatable bonds is 0. The minimum absolute atomic E-state index is 0.154. The number of nitriles is 2. The van der Waals surface area contributed by atoms with Crippen LogP contribution in [0.25, 0.3) is 0 Å².